The first-order chi connectivity index (χ1) is 12.7. The maximum absolute atomic E-state index is 12.2. The average molecular weight is 389 g/mol. The molecule has 1 aliphatic rings. The molecular weight excluding hydrogens is 364 g/mol. The number of nitrogens with one attached hydrogen (secondary N) is 1. The molecule has 1 heterocycles. The van der Waals surface area contributed by atoms with E-state index in [1.807, 2.05) is 30.3 Å². The van der Waals surface area contributed by atoms with Crippen LogP contribution in [0, 0.1) is 0 Å². The Morgan fingerprint density at radius 1 is 1.08 bits per heavy atom. The zero-order valence-corrected chi connectivity index (χ0v) is 16.5. The molecule has 1 aliphatic heterocycles. The van der Waals surface area contributed by atoms with Crippen molar-refractivity contribution < 1.29 is 4.79 Å². The first-order valence-electron chi connectivity index (χ1n) is 9.12. The van der Waals surface area contributed by atoms with Gasteiger partial charge in [0.05, 0.1) is 0 Å². The monoisotopic (exact) mass is 388 g/mol. The SMILES string of the molecule is O=C(NCCSCc1cccc(Cl)c1)c1ccc(CN2CCCC2)cc1. The third kappa shape index (κ3) is 6.04. The molecule has 0 spiro atoms. The molecule has 2 aromatic rings. The van der Waals surface area contributed by atoms with Gasteiger partial charge in [-0.05, 0) is 61.3 Å². The highest BCUT2D eigenvalue weighted by Gasteiger charge is 2.12. The lowest BCUT2D eigenvalue weighted by Crippen LogP contribution is -2.25. The lowest BCUT2D eigenvalue weighted by molar-refractivity contribution is 0.0956. The van der Waals surface area contributed by atoms with Crippen LogP contribution in [0.1, 0.15) is 34.3 Å². The van der Waals surface area contributed by atoms with Crippen LogP contribution in [-0.4, -0.2) is 36.2 Å². The number of hydrogen-bond donors (Lipinski definition) is 1. The Kier molecular flexibility index (Phi) is 7.42. The van der Waals surface area contributed by atoms with Crippen molar-refractivity contribution in [2.75, 3.05) is 25.4 Å². The van der Waals surface area contributed by atoms with Crippen LogP contribution in [0.5, 0.6) is 0 Å². The lowest BCUT2D eigenvalue weighted by Gasteiger charge is -2.14. The minimum absolute atomic E-state index is 0.000998. The van der Waals surface area contributed by atoms with E-state index >= 15 is 0 Å². The average Bonchev–Trinajstić information content (AvgIpc) is 3.15. The number of benzene rings is 2. The van der Waals surface area contributed by atoms with Crippen molar-refractivity contribution >= 4 is 29.3 Å². The first-order valence-corrected chi connectivity index (χ1v) is 10.7. The summed E-state index contributed by atoms with van der Waals surface area (Å²) in [6.45, 7) is 4.03. The van der Waals surface area contributed by atoms with Gasteiger partial charge in [-0.15, -0.1) is 0 Å². The largest absolute Gasteiger partial charge is 0.351 e. The smallest absolute Gasteiger partial charge is 0.251 e. The van der Waals surface area contributed by atoms with E-state index in [-0.39, 0.29) is 5.91 Å². The zero-order valence-electron chi connectivity index (χ0n) is 14.9. The number of halogens is 1. The maximum Gasteiger partial charge on any atom is 0.251 e. The van der Waals surface area contributed by atoms with E-state index in [0.717, 1.165) is 28.6 Å². The van der Waals surface area contributed by atoms with Gasteiger partial charge in [-0.2, -0.15) is 11.8 Å². The quantitative estimate of drug-likeness (QED) is 0.671. The number of thioether (sulfide) groups is 1. The van der Waals surface area contributed by atoms with E-state index in [0.29, 0.717) is 6.54 Å². The van der Waals surface area contributed by atoms with Gasteiger partial charge in [0.15, 0.2) is 0 Å². The molecule has 3 rings (SSSR count). The minimum atomic E-state index is 0.000998. The second-order valence-corrected chi connectivity index (χ2v) is 8.16. The van der Waals surface area contributed by atoms with Crippen molar-refractivity contribution in [2.45, 2.75) is 25.1 Å². The van der Waals surface area contributed by atoms with E-state index in [4.69, 9.17) is 11.6 Å². The molecule has 0 unspecified atom stereocenters. The lowest BCUT2D eigenvalue weighted by atomic mass is 10.1. The summed E-state index contributed by atoms with van der Waals surface area (Å²) >= 11 is 7.78. The summed E-state index contributed by atoms with van der Waals surface area (Å²) in [6, 6.07) is 15.9. The normalized spacial score (nSPS) is 14.5. The van der Waals surface area contributed by atoms with E-state index in [2.05, 4.69) is 28.4 Å². The Bertz CT molecular complexity index is 714. The molecule has 0 aliphatic carbocycles. The Morgan fingerprint density at radius 2 is 1.85 bits per heavy atom. The number of likely N-dealkylation sites (tertiary alicyclic amines) is 1. The van der Waals surface area contributed by atoms with E-state index in [1.54, 1.807) is 11.8 Å². The molecule has 0 radical (unpaired) electrons. The molecule has 0 atom stereocenters. The van der Waals surface area contributed by atoms with Crippen LogP contribution in [0.15, 0.2) is 48.5 Å². The van der Waals surface area contributed by atoms with Crippen molar-refractivity contribution in [1.29, 1.82) is 0 Å². The number of nitrogens with zero attached hydrogens (tertiary/aromatic N) is 1. The van der Waals surface area contributed by atoms with Gasteiger partial charge in [0.1, 0.15) is 0 Å². The molecule has 1 saturated heterocycles. The van der Waals surface area contributed by atoms with Crippen LogP contribution in [0.2, 0.25) is 5.02 Å². The van der Waals surface area contributed by atoms with Gasteiger partial charge < -0.3 is 5.32 Å². The van der Waals surface area contributed by atoms with Crippen LogP contribution in [0.3, 0.4) is 0 Å². The highest BCUT2D eigenvalue weighted by molar-refractivity contribution is 7.98. The molecule has 1 fully saturated rings. The third-order valence-electron chi connectivity index (χ3n) is 4.51. The predicted octanol–water partition coefficient (Wildman–Crippen LogP) is 4.60. The topological polar surface area (TPSA) is 32.3 Å². The molecule has 3 nitrogen and oxygen atoms in total. The van der Waals surface area contributed by atoms with E-state index in [9.17, 15) is 4.79 Å². The summed E-state index contributed by atoms with van der Waals surface area (Å²) in [7, 11) is 0. The van der Waals surface area contributed by atoms with Gasteiger partial charge in [0.25, 0.3) is 5.91 Å². The van der Waals surface area contributed by atoms with Crippen LogP contribution in [0.4, 0.5) is 0 Å². The van der Waals surface area contributed by atoms with Crippen LogP contribution in [0.25, 0.3) is 0 Å². The fourth-order valence-electron chi connectivity index (χ4n) is 3.12. The summed E-state index contributed by atoms with van der Waals surface area (Å²) < 4.78 is 0. The summed E-state index contributed by atoms with van der Waals surface area (Å²) in [5.41, 5.74) is 3.22. The number of rotatable bonds is 8. The van der Waals surface area contributed by atoms with Gasteiger partial charge in [-0.3, -0.25) is 9.69 Å². The molecule has 1 N–H and O–H groups in total. The first kappa shape index (κ1) is 19.3. The predicted molar refractivity (Wildman–Crippen MR) is 111 cm³/mol. The van der Waals surface area contributed by atoms with Crippen molar-refractivity contribution in [3.63, 3.8) is 0 Å². The van der Waals surface area contributed by atoms with Gasteiger partial charge in [0, 0.05) is 35.2 Å². The molecule has 138 valence electrons. The standard InChI is InChI=1S/C21H25ClN2OS/c22-20-5-3-4-18(14-20)16-26-13-10-23-21(25)19-8-6-17(7-9-19)15-24-11-1-2-12-24/h3-9,14H,1-2,10-13,15-16H2,(H,23,25). The van der Waals surface area contributed by atoms with E-state index in [1.165, 1.54) is 37.1 Å². The number of carbonyl (C=O) groups is 1. The maximum atomic E-state index is 12.2. The van der Waals surface area contributed by atoms with Crippen LogP contribution < -0.4 is 5.32 Å². The Labute approximate surface area is 165 Å². The van der Waals surface area contributed by atoms with Crippen molar-refractivity contribution in [1.82, 2.24) is 10.2 Å². The van der Waals surface area contributed by atoms with Gasteiger partial charge in [-0.1, -0.05) is 35.9 Å². The number of amides is 1. The second kappa shape index (κ2) is 10.0. The Morgan fingerprint density at radius 3 is 2.58 bits per heavy atom. The molecule has 2 aromatic carbocycles. The molecule has 0 bridgehead atoms. The fourth-order valence-corrected chi connectivity index (χ4v) is 4.13. The van der Waals surface area contributed by atoms with Crippen LogP contribution in [-0.2, 0) is 12.3 Å². The van der Waals surface area contributed by atoms with Crippen molar-refractivity contribution in [3.05, 3.63) is 70.2 Å². The Hall–Kier alpha value is -1.49. The van der Waals surface area contributed by atoms with Gasteiger partial charge in [-0.25, -0.2) is 0 Å². The summed E-state index contributed by atoms with van der Waals surface area (Å²) in [5, 5.41) is 3.76. The molecule has 1 amide bonds. The fraction of sp³-hybridized carbons (Fsp3) is 0.381. The summed E-state index contributed by atoms with van der Waals surface area (Å²) in [6.07, 6.45) is 2.60. The summed E-state index contributed by atoms with van der Waals surface area (Å²) in [4.78, 5) is 14.7. The zero-order chi connectivity index (χ0) is 18.2. The molecule has 26 heavy (non-hydrogen) atoms. The molecular formula is C21H25ClN2OS. The third-order valence-corrected chi connectivity index (χ3v) is 5.78. The van der Waals surface area contributed by atoms with Crippen molar-refractivity contribution in [2.24, 2.45) is 0 Å². The highest BCUT2D eigenvalue weighted by Crippen LogP contribution is 2.16. The molecule has 0 aromatic heterocycles. The molecule has 5 heteroatoms. The highest BCUT2D eigenvalue weighted by atomic mass is 35.5. The van der Waals surface area contributed by atoms with Crippen molar-refractivity contribution in [3.8, 4) is 0 Å². The van der Waals surface area contributed by atoms with Crippen LogP contribution >= 0.6 is 23.4 Å². The Balaban J connectivity index is 1.36. The second-order valence-electron chi connectivity index (χ2n) is 6.62. The number of hydrogen-bond acceptors (Lipinski definition) is 3. The van der Waals surface area contributed by atoms with E-state index < -0.39 is 0 Å². The minimum Gasteiger partial charge on any atom is -0.351 e. The summed E-state index contributed by atoms with van der Waals surface area (Å²) in [5.74, 6) is 1.79. The number of carbonyl (C=O) groups excluding carboxylic acids is 1. The van der Waals surface area contributed by atoms with Gasteiger partial charge in [0.2, 0.25) is 0 Å². The van der Waals surface area contributed by atoms with Gasteiger partial charge >= 0.3 is 0 Å². The molecule has 0 saturated carbocycles.